The van der Waals surface area contributed by atoms with Gasteiger partial charge in [-0.2, -0.15) is 0 Å². The molecule has 150 valence electrons. The van der Waals surface area contributed by atoms with E-state index in [-0.39, 0.29) is 24.2 Å². The summed E-state index contributed by atoms with van der Waals surface area (Å²) in [5, 5.41) is 9.14. The van der Waals surface area contributed by atoms with Crippen molar-refractivity contribution in [3.8, 4) is 0 Å². The second-order valence-electron chi connectivity index (χ2n) is 7.16. The van der Waals surface area contributed by atoms with E-state index in [1.54, 1.807) is 18.2 Å². The second kappa shape index (κ2) is 10.8. The molecule has 1 unspecified atom stereocenters. The third kappa shape index (κ3) is 6.36. The van der Waals surface area contributed by atoms with Gasteiger partial charge in [0, 0.05) is 13.0 Å². The molecule has 6 heteroatoms. The molecule has 0 radical (unpaired) electrons. The third-order valence-corrected chi connectivity index (χ3v) is 4.96. The summed E-state index contributed by atoms with van der Waals surface area (Å²) < 4.78 is 0. The number of halogens is 1. The number of hydrogen-bond acceptors (Lipinski definition) is 3. The van der Waals surface area contributed by atoms with Crippen molar-refractivity contribution in [2.45, 2.75) is 32.7 Å². The van der Waals surface area contributed by atoms with E-state index in [9.17, 15) is 9.59 Å². The first-order valence-corrected chi connectivity index (χ1v) is 9.55. The normalized spacial score (nSPS) is 15.5. The van der Waals surface area contributed by atoms with Crippen LogP contribution in [0.25, 0.3) is 0 Å². The first-order valence-electron chi connectivity index (χ1n) is 9.55. The molecule has 0 aliphatic carbocycles. The van der Waals surface area contributed by atoms with Gasteiger partial charge in [-0.1, -0.05) is 42.0 Å². The Hall–Kier alpha value is -2.37. The summed E-state index contributed by atoms with van der Waals surface area (Å²) in [7, 11) is 0. The number of hydrogen-bond donors (Lipinski definition) is 3. The Morgan fingerprint density at radius 1 is 1.11 bits per heavy atom. The zero-order chi connectivity index (χ0) is 19.1. The fourth-order valence-corrected chi connectivity index (χ4v) is 3.28. The van der Waals surface area contributed by atoms with Gasteiger partial charge < -0.3 is 16.0 Å². The maximum Gasteiger partial charge on any atom is 0.253 e. The molecule has 28 heavy (non-hydrogen) atoms. The fraction of sp³-hybridized carbons (Fsp3) is 0.364. The van der Waals surface area contributed by atoms with E-state index in [1.807, 2.05) is 37.3 Å². The van der Waals surface area contributed by atoms with Crippen LogP contribution in [0, 0.1) is 12.8 Å². The van der Waals surface area contributed by atoms with Gasteiger partial charge in [0.1, 0.15) is 0 Å². The number of benzene rings is 2. The molecule has 2 amide bonds. The number of amides is 2. The van der Waals surface area contributed by atoms with Crippen molar-refractivity contribution in [2.75, 3.05) is 18.4 Å². The van der Waals surface area contributed by atoms with Crippen molar-refractivity contribution >= 4 is 29.9 Å². The van der Waals surface area contributed by atoms with Crippen molar-refractivity contribution < 1.29 is 9.59 Å². The number of carbonyl (C=O) groups excluding carboxylic acids is 2. The highest BCUT2D eigenvalue weighted by atomic mass is 35.5. The molecule has 3 rings (SSSR count). The van der Waals surface area contributed by atoms with Gasteiger partial charge in [0.15, 0.2) is 0 Å². The summed E-state index contributed by atoms with van der Waals surface area (Å²) in [5.41, 5.74) is 3.28. The maximum absolute atomic E-state index is 12.6. The van der Waals surface area contributed by atoms with Crippen molar-refractivity contribution in [3.63, 3.8) is 0 Å². The Bertz CT molecular complexity index is 787. The summed E-state index contributed by atoms with van der Waals surface area (Å²) in [5.74, 6) is 0.343. The minimum atomic E-state index is -0.188. The Morgan fingerprint density at radius 3 is 2.57 bits per heavy atom. The summed E-state index contributed by atoms with van der Waals surface area (Å²) in [6.07, 6.45) is 2.48. The number of aryl methyl sites for hydroxylation is 1. The van der Waals surface area contributed by atoms with Crippen LogP contribution in [-0.4, -0.2) is 24.9 Å². The van der Waals surface area contributed by atoms with Crippen LogP contribution in [0.5, 0.6) is 0 Å². The number of rotatable bonds is 7. The monoisotopic (exact) mass is 401 g/mol. The first-order chi connectivity index (χ1) is 13.1. The summed E-state index contributed by atoms with van der Waals surface area (Å²) in [6, 6.07) is 15.2. The fourth-order valence-electron chi connectivity index (χ4n) is 3.28. The molecule has 2 aromatic rings. The zero-order valence-corrected chi connectivity index (χ0v) is 17.0. The number of carbonyl (C=O) groups is 2. The average molecular weight is 402 g/mol. The van der Waals surface area contributed by atoms with E-state index >= 15 is 0 Å². The Balaban J connectivity index is 0.00000280. The topological polar surface area (TPSA) is 70.2 Å². The van der Waals surface area contributed by atoms with Crippen LogP contribution in [0.3, 0.4) is 0 Å². The van der Waals surface area contributed by atoms with Crippen molar-refractivity contribution in [3.05, 3.63) is 65.2 Å². The van der Waals surface area contributed by atoms with E-state index in [0.717, 1.165) is 31.5 Å². The van der Waals surface area contributed by atoms with Crippen LogP contribution in [0.4, 0.5) is 5.69 Å². The minimum absolute atomic E-state index is 0. The molecule has 1 saturated heterocycles. The average Bonchev–Trinajstić information content (AvgIpc) is 3.20. The molecule has 0 aromatic heterocycles. The largest absolute Gasteiger partial charge is 0.348 e. The SMILES string of the molecule is Cc1ccc(CNC(=O)c2ccccc2NC(=O)CCC2CCNC2)cc1.Cl. The standard InChI is InChI=1S/C22H27N3O2.ClH/c1-16-6-8-17(9-7-16)15-24-22(27)19-4-2-3-5-20(19)25-21(26)11-10-18-12-13-23-14-18;/h2-9,18,23H,10-15H2,1H3,(H,24,27)(H,25,26);1H. The van der Waals surface area contributed by atoms with Crippen LogP contribution in [-0.2, 0) is 11.3 Å². The Labute approximate surface area is 172 Å². The van der Waals surface area contributed by atoms with E-state index in [1.165, 1.54) is 5.56 Å². The van der Waals surface area contributed by atoms with Crippen molar-refractivity contribution in [1.82, 2.24) is 10.6 Å². The zero-order valence-electron chi connectivity index (χ0n) is 16.2. The maximum atomic E-state index is 12.6. The number of nitrogens with one attached hydrogen (secondary N) is 3. The highest BCUT2D eigenvalue weighted by molar-refractivity contribution is 6.03. The molecule has 2 aromatic carbocycles. The Kier molecular flexibility index (Phi) is 8.48. The van der Waals surface area contributed by atoms with E-state index < -0.39 is 0 Å². The van der Waals surface area contributed by atoms with E-state index in [2.05, 4.69) is 16.0 Å². The molecular formula is C22H28ClN3O2. The smallest absolute Gasteiger partial charge is 0.253 e. The molecule has 1 atom stereocenters. The quantitative estimate of drug-likeness (QED) is 0.662. The van der Waals surface area contributed by atoms with Crippen molar-refractivity contribution in [2.24, 2.45) is 5.92 Å². The molecule has 0 bridgehead atoms. The lowest BCUT2D eigenvalue weighted by Crippen LogP contribution is -2.25. The molecule has 1 aliphatic rings. The van der Waals surface area contributed by atoms with Crippen LogP contribution in [0.15, 0.2) is 48.5 Å². The predicted octanol–water partition coefficient (Wildman–Crippen LogP) is 3.68. The Morgan fingerprint density at radius 2 is 1.86 bits per heavy atom. The summed E-state index contributed by atoms with van der Waals surface area (Å²) in [6.45, 7) is 4.52. The highest BCUT2D eigenvalue weighted by Gasteiger charge is 2.17. The van der Waals surface area contributed by atoms with Crippen LogP contribution in [0.2, 0.25) is 0 Å². The van der Waals surface area contributed by atoms with Crippen LogP contribution >= 0.6 is 12.4 Å². The first kappa shape index (κ1) is 21.9. The predicted molar refractivity (Wildman–Crippen MR) is 115 cm³/mol. The van der Waals surface area contributed by atoms with Crippen LogP contribution < -0.4 is 16.0 Å². The highest BCUT2D eigenvalue weighted by Crippen LogP contribution is 2.18. The molecule has 1 fully saturated rings. The van der Waals surface area contributed by atoms with E-state index in [4.69, 9.17) is 0 Å². The van der Waals surface area contributed by atoms with Gasteiger partial charge in [-0.25, -0.2) is 0 Å². The number of anilines is 1. The lowest BCUT2D eigenvalue weighted by Gasteiger charge is -2.13. The van der Waals surface area contributed by atoms with E-state index in [0.29, 0.717) is 30.1 Å². The molecular weight excluding hydrogens is 374 g/mol. The summed E-state index contributed by atoms with van der Waals surface area (Å²) >= 11 is 0. The second-order valence-corrected chi connectivity index (χ2v) is 7.16. The third-order valence-electron chi connectivity index (χ3n) is 4.96. The molecule has 1 aliphatic heterocycles. The van der Waals surface area contributed by atoms with Gasteiger partial charge in [-0.15, -0.1) is 12.4 Å². The van der Waals surface area contributed by atoms with Gasteiger partial charge in [0.05, 0.1) is 11.3 Å². The lowest BCUT2D eigenvalue weighted by atomic mass is 10.0. The number of para-hydroxylation sites is 1. The van der Waals surface area contributed by atoms with Gasteiger partial charge in [0.25, 0.3) is 5.91 Å². The summed E-state index contributed by atoms with van der Waals surface area (Å²) in [4.78, 5) is 24.9. The lowest BCUT2D eigenvalue weighted by molar-refractivity contribution is -0.116. The van der Waals surface area contributed by atoms with Gasteiger partial charge in [-0.3, -0.25) is 9.59 Å². The van der Waals surface area contributed by atoms with Crippen molar-refractivity contribution in [1.29, 1.82) is 0 Å². The minimum Gasteiger partial charge on any atom is -0.348 e. The van der Waals surface area contributed by atoms with Gasteiger partial charge in [0.2, 0.25) is 5.91 Å². The molecule has 0 spiro atoms. The van der Waals surface area contributed by atoms with Gasteiger partial charge >= 0.3 is 0 Å². The van der Waals surface area contributed by atoms with Gasteiger partial charge in [-0.05, 0) is 56.5 Å². The molecule has 1 heterocycles. The molecule has 0 saturated carbocycles. The van der Waals surface area contributed by atoms with Crippen LogP contribution in [0.1, 0.15) is 40.7 Å². The molecule has 5 nitrogen and oxygen atoms in total. The molecule has 3 N–H and O–H groups in total.